The van der Waals surface area contributed by atoms with Gasteiger partial charge in [-0.1, -0.05) is 12.1 Å². The number of alkyl halides is 2. The first-order chi connectivity index (χ1) is 22.1. The van der Waals surface area contributed by atoms with Crippen molar-refractivity contribution < 1.29 is 17.6 Å². The zero-order valence-electron chi connectivity index (χ0n) is 25.2. The van der Waals surface area contributed by atoms with Crippen LogP contribution in [0.2, 0.25) is 0 Å². The van der Waals surface area contributed by atoms with E-state index >= 15 is 4.39 Å². The van der Waals surface area contributed by atoms with Gasteiger partial charge in [-0.05, 0) is 55.6 Å². The molecular weight excluding hydrogens is 598 g/mol. The lowest BCUT2D eigenvalue weighted by Gasteiger charge is -2.15. The number of hydrogen-bond donors (Lipinski definition) is 3. The summed E-state index contributed by atoms with van der Waals surface area (Å²) in [7, 11) is 3.94. The molecule has 236 valence electrons. The average Bonchev–Trinajstić information content (AvgIpc) is 3.73. The fraction of sp³-hybridized carbons (Fsp3) is 0.273. The first kappa shape index (κ1) is 29.8. The van der Waals surface area contributed by atoms with Crippen LogP contribution in [0.4, 0.5) is 23.2 Å². The van der Waals surface area contributed by atoms with Gasteiger partial charge < -0.3 is 15.2 Å². The molecule has 1 fully saturated rings. The number of rotatable bonds is 9. The van der Waals surface area contributed by atoms with Crippen molar-refractivity contribution in [1.82, 2.24) is 39.9 Å². The van der Waals surface area contributed by atoms with Crippen LogP contribution in [-0.2, 0) is 6.54 Å². The van der Waals surface area contributed by atoms with Crippen LogP contribution in [0.25, 0.3) is 55.8 Å². The number of hydrogen-bond acceptors (Lipinski definition) is 7. The van der Waals surface area contributed by atoms with Gasteiger partial charge >= 0.3 is 0 Å². The Labute approximate surface area is 261 Å². The molecule has 0 amide bonds. The van der Waals surface area contributed by atoms with Crippen molar-refractivity contribution in [3.8, 4) is 33.9 Å². The second-order valence-electron chi connectivity index (χ2n) is 11.9. The topological polar surface area (TPSA) is 102 Å². The Kier molecular flexibility index (Phi) is 7.65. The zero-order chi connectivity index (χ0) is 32.0. The van der Waals surface area contributed by atoms with E-state index in [9.17, 15) is 13.2 Å². The van der Waals surface area contributed by atoms with Crippen LogP contribution < -0.4 is 5.32 Å². The van der Waals surface area contributed by atoms with Gasteiger partial charge in [0.1, 0.15) is 17.2 Å². The number of nitrogens with zero attached hydrogens (tertiary/aromatic N) is 6. The number of fused-ring (bicyclic) bond motifs is 2. The molecule has 0 spiro atoms. The molecule has 6 aromatic rings. The van der Waals surface area contributed by atoms with Gasteiger partial charge in [0.15, 0.2) is 11.6 Å². The van der Waals surface area contributed by atoms with Crippen LogP contribution in [0.3, 0.4) is 0 Å². The minimum atomic E-state index is -2.71. The first-order valence-electron chi connectivity index (χ1n) is 14.9. The third-order valence-corrected chi connectivity index (χ3v) is 8.10. The van der Waals surface area contributed by atoms with Crippen LogP contribution in [0, 0.1) is 11.6 Å². The summed E-state index contributed by atoms with van der Waals surface area (Å²) < 4.78 is 58.4. The molecule has 7 rings (SSSR count). The number of aromatic amines is 2. The molecule has 1 saturated heterocycles. The largest absolute Gasteiger partial charge is 0.384 e. The summed E-state index contributed by atoms with van der Waals surface area (Å²) in [6.07, 6.45) is 4.39. The van der Waals surface area contributed by atoms with Crippen molar-refractivity contribution in [2.75, 3.05) is 45.6 Å². The molecule has 0 bridgehead atoms. The summed E-state index contributed by atoms with van der Waals surface area (Å²) >= 11 is 0. The summed E-state index contributed by atoms with van der Waals surface area (Å²) in [4.78, 5) is 20.3. The average molecular weight is 630 g/mol. The minimum Gasteiger partial charge on any atom is -0.384 e. The quantitative estimate of drug-likeness (QED) is 0.161. The summed E-state index contributed by atoms with van der Waals surface area (Å²) in [5.41, 5.74) is 5.05. The highest BCUT2D eigenvalue weighted by Gasteiger charge is 2.38. The van der Waals surface area contributed by atoms with Gasteiger partial charge in [-0.25, -0.2) is 22.5 Å². The fourth-order valence-corrected chi connectivity index (χ4v) is 5.90. The van der Waals surface area contributed by atoms with Gasteiger partial charge in [0, 0.05) is 61.8 Å². The van der Waals surface area contributed by atoms with Crippen molar-refractivity contribution in [3.05, 3.63) is 78.3 Å². The second-order valence-corrected chi connectivity index (χ2v) is 11.9. The maximum absolute atomic E-state index is 16.3. The third kappa shape index (κ3) is 5.90. The van der Waals surface area contributed by atoms with Gasteiger partial charge in [-0.2, -0.15) is 5.10 Å². The number of benzene rings is 2. The zero-order valence-corrected chi connectivity index (χ0v) is 25.2. The van der Waals surface area contributed by atoms with E-state index in [0.29, 0.717) is 56.9 Å². The first-order valence-corrected chi connectivity index (χ1v) is 14.9. The molecule has 3 N–H and O–H groups in total. The standard InChI is InChI=1S/C33H31F4N9/c1-45(2)9-7-39-23-12-20(11-22(34)13-23)24-4-3-5-25-30(24)42-32(41-25)31-27-26(43-44-31)16-40-29(28(27)35)21-10-19(14-38-15-21)17-46-8-6-33(36,37)18-46/h3-5,10-16,39H,6-9,17-18H2,1-2H3,(H,41,42)(H,43,44). The van der Waals surface area contributed by atoms with Crippen molar-refractivity contribution in [2.45, 2.75) is 18.9 Å². The normalized spacial score (nSPS) is 15.0. The van der Waals surface area contributed by atoms with E-state index in [-0.39, 0.29) is 48.6 Å². The Hall–Kier alpha value is -4.88. The van der Waals surface area contributed by atoms with Crippen molar-refractivity contribution >= 4 is 27.6 Å². The van der Waals surface area contributed by atoms with E-state index in [1.54, 1.807) is 17.2 Å². The molecule has 0 saturated carbocycles. The Bertz CT molecular complexity index is 2050. The fourth-order valence-electron chi connectivity index (χ4n) is 5.90. The molecule has 0 unspecified atom stereocenters. The molecule has 0 atom stereocenters. The number of imidazole rings is 1. The van der Waals surface area contributed by atoms with Crippen LogP contribution in [0.15, 0.2) is 61.1 Å². The molecule has 1 aliphatic heterocycles. The molecule has 1 aliphatic rings. The Morgan fingerprint density at radius 1 is 1.00 bits per heavy atom. The summed E-state index contributed by atoms with van der Waals surface area (Å²) in [6, 6.07) is 12.1. The summed E-state index contributed by atoms with van der Waals surface area (Å²) in [5, 5.41) is 10.7. The van der Waals surface area contributed by atoms with Gasteiger partial charge in [0.2, 0.25) is 0 Å². The molecule has 13 heteroatoms. The Morgan fingerprint density at radius 3 is 2.67 bits per heavy atom. The number of anilines is 1. The minimum absolute atomic E-state index is 0.0575. The Balaban J connectivity index is 1.23. The van der Waals surface area contributed by atoms with E-state index in [1.807, 2.05) is 43.3 Å². The second kappa shape index (κ2) is 11.8. The molecule has 46 heavy (non-hydrogen) atoms. The van der Waals surface area contributed by atoms with E-state index in [2.05, 4.69) is 30.5 Å². The molecule has 5 heterocycles. The molecule has 4 aromatic heterocycles. The number of likely N-dealkylation sites (N-methyl/N-ethyl adjacent to an activating group) is 1. The van der Waals surface area contributed by atoms with Crippen LogP contribution >= 0.6 is 0 Å². The maximum Gasteiger partial charge on any atom is 0.261 e. The van der Waals surface area contributed by atoms with Crippen molar-refractivity contribution in [1.29, 1.82) is 0 Å². The van der Waals surface area contributed by atoms with E-state index in [4.69, 9.17) is 4.98 Å². The molecule has 2 aromatic carbocycles. The Morgan fingerprint density at radius 2 is 1.87 bits per heavy atom. The number of halogens is 4. The van der Waals surface area contributed by atoms with Gasteiger partial charge in [0.05, 0.1) is 34.7 Å². The monoisotopic (exact) mass is 629 g/mol. The predicted molar refractivity (Wildman–Crippen MR) is 169 cm³/mol. The number of H-pyrrole nitrogens is 2. The van der Waals surface area contributed by atoms with Gasteiger partial charge in [-0.15, -0.1) is 0 Å². The van der Waals surface area contributed by atoms with E-state index < -0.39 is 11.7 Å². The van der Waals surface area contributed by atoms with Crippen molar-refractivity contribution in [3.63, 3.8) is 0 Å². The highest BCUT2D eigenvalue weighted by molar-refractivity contribution is 5.98. The predicted octanol–water partition coefficient (Wildman–Crippen LogP) is 6.32. The van der Waals surface area contributed by atoms with Crippen LogP contribution in [-0.4, -0.2) is 86.1 Å². The SMILES string of the molecule is CN(C)CCNc1cc(F)cc(-c2cccc3[nH]c(-c4n[nH]c5cnc(-c6cncc(CN7CCC(F)(F)C7)c6)c(F)c45)nc23)c1. The lowest BCUT2D eigenvalue weighted by atomic mass is 10.0. The lowest BCUT2D eigenvalue weighted by Crippen LogP contribution is -2.24. The van der Waals surface area contributed by atoms with Crippen molar-refractivity contribution in [2.24, 2.45) is 0 Å². The maximum atomic E-state index is 16.3. The number of para-hydroxylation sites is 1. The van der Waals surface area contributed by atoms with Gasteiger partial charge in [-0.3, -0.25) is 20.0 Å². The highest BCUT2D eigenvalue weighted by atomic mass is 19.3. The van der Waals surface area contributed by atoms with Crippen LogP contribution in [0.5, 0.6) is 0 Å². The molecule has 0 aliphatic carbocycles. The number of nitrogens with one attached hydrogen (secondary N) is 3. The summed E-state index contributed by atoms with van der Waals surface area (Å²) in [5.74, 6) is -3.38. The summed E-state index contributed by atoms with van der Waals surface area (Å²) in [6.45, 7) is 1.68. The number of pyridine rings is 2. The number of likely N-dealkylation sites (tertiary alicyclic amines) is 1. The molecule has 0 radical (unpaired) electrons. The lowest BCUT2D eigenvalue weighted by molar-refractivity contribution is 0.0115. The van der Waals surface area contributed by atoms with E-state index in [1.165, 1.54) is 24.5 Å². The van der Waals surface area contributed by atoms with Crippen LogP contribution in [0.1, 0.15) is 12.0 Å². The van der Waals surface area contributed by atoms with E-state index in [0.717, 1.165) is 6.54 Å². The smallest absolute Gasteiger partial charge is 0.261 e. The molecular formula is C33H31F4N9. The number of aromatic nitrogens is 6. The highest BCUT2D eigenvalue weighted by Crippen LogP contribution is 2.36. The molecule has 9 nitrogen and oxygen atoms in total. The van der Waals surface area contributed by atoms with Gasteiger partial charge in [0.25, 0.3) is 5.92 Å². The third-order valence-electron chi connectivity index (χ3n) is 8.10.